The number of ether oxygens (including phenoxy) is 8. The Labute approximate surface area is 378 Å². The average molecular weight is 950 g/mol. The Bertz CT molecular complexity index is 2390. The Hall–Kier alpha value is -5.68. The molecule has 4 aromatic rings. The van der Waals surface area contributed by atoms with Crippen molar-refractivity contribution < 1.29 is 119 Å². The van der Waals surface area contributed by atoms with Gasteiger partial charge in [0.1, 0.15) is 90.6 Å². The van der Waals surface area contributed by atoms with Crippen molar-refractivity contribution in [2.24, 2.45) is 0 Å². The van der Waals surface area contributed by atoms with Crippen LogP contribution < -0.4 is 14.2 Å². The molecule has 7 rings (SSSR count). The molecule has 0 aliphatic carbocycles. The topological polar surface area (TPSA) is 385 Å². The first kappa shape index (κ1) is 49.2. The number of phenolic OH excluding ortho intramolecular Hbond substituents is 4. The number of benzene rings is 3. The van der Waals surface area contributed by atoms with E-state index in [9.17, 15) is 76.3 Å². The van der Waals surface area contributed by atoms with Gasteiger partial charge < -0.3 is 109 Å². The molecule has 67 heavy (non-hydrogen) atoms. The van der Waals surface area contributed by atoms with Gasteiger partial charge in [0.25, 0.3) is 0 Å². The Morgan fingerprint density at radius 2 is 1.24 bits per heavy atom. The molecule has 0 radical (unpaired) electrons. The van der Waals surface area contributed by atoms with Crippen molar-refractivity contribution in [1.82, 2.24) is 0 Å². The van der Waals surface area contributed by atoms with Crippen LogP contribution in [0, 0.1) is 0 Å². The van der Waals surface area contributed by atoms with Crippen LogP contribution in [0.5, 0.6) is 40.2 Å². The van der Waals surface area contributed by atoms with Crippen LogP contribution in [0.4, 0.5) is 0 Å². The van der Waals surface area contributed by atoms with Crippen molar-refractivity contribution >= 4 is 23.0 Å². The number of esters is 1. The fraction of sp³-hybridized carbons (Fsp3) is 0.442. The number of rotatable bonds is 14. The van der Waals surface area contributed by atoms with Crippen LogP contribution in [0.1, 0.15) is 5.56 Å². The first-order chi connectivity index (χ1) is 31.9. The molecule has 3 aliphatic rings. The van der Waals surface area contributed by atoms with Crippen LogP contribution >= 0.6 is 0 Å². The van der Waals surface area contributed by atoms with Gasteiger partial charge in [0, 0.05) is 24.3 Å². The number of methoxy groups -OCH3 is 1. The molecule has 15 atom stereocenters. The van der Waals surface area contributed by atoms with E-state index in [1.807, 2.05) is 0 Å². The number of aliphatic hydroxyl groups excluding tert-OH is 10. The summed E-state index contributed by atoms with van der Waals surface area (Å²) in [4.78, 5) is 12.9. The SMILES string of the molecule is COc1cc(C=CC(=O)OCC2OC(Oc3cc4c(OC5OC(CO)C(O)C(O)C5O)cc(O)cc4[o+]c3-c3ccc(O)c(O)c3)C(OC3OC(CO)C(O)C(O)C3O)C(O)C2O)ccc1O. The van der Waals surface area contributed by atoms with Crippen molar-refractivity contribution in [3.8, 4) is 51.6 Å². The van der Waals surface area contributed by atoms with Gasteiger partial charge in [-0.05, 0) is 35.9 Å². The van der Waals surface area contributed by atoms with E-state index in [-0.39, 0.29) is 39.5 Å². The summed E-state index contributed by atoms with van der Waals surface area (Å²) in [6, 6.07) is 11.0. The van der Waals surface area contributed by atoms with Crippen molar-refractivity contribution in [2.45, 2.75) is 92.1 Å². The predicted molar refractivity (Wildman–Crippen MR) is 220 cm³/mol. The second kappa shape index (κ2) is 20.7. The van der Waals surface area contributed by atoms with E-state index in [0.29, 0.717) is 5.56 Å². The summed E-state index contributed by atoms with van der Waals surface area (Å²) in [5.74, 6) is -3.70. The zero-order valence-corrected chi connectivity index (χ0v) is 35.0. The van der Waals surface area contributed by atoms with E-state index in [4.69, 9.17) is 42.3 Å². The summed E-state index contributed by atoms with van der Waals surface area (Å²) in [5, 5.41) is 147. The van der Waals surface area contributed by atoms with Gasteiger partial charge in [-0.2, -0.15) is 0 Å². The van der Waals surface area contributed by atoms with Gasteiger partial charge in [-0.15, -0.1) is 0 Å². The molecule has 3 fully saturated rings. The van der Waals surface area contributed by atoms with Gasteiger partial charge in [0.05, 0.1) is 32.0 Å². The fourth-order valence-electron chi connectivity index (χ4n) is 7.43. The van der Waals surface area contributed by atoms with Crippen molar-refractivity contribution in [1.29, 1.82) is 0 Å². The summed E-state index contributed by atoms with van der Waals surface area (Å²) in [6.45, 7) is -2.43. The lowest BCUT2D eigenvalue weighted by Gasteiger charge is -2.45. The molecule has 3 aliphatic heterocycles. The molecule has 1 aromatic heterocycles. The summed E-state index contributed by atoms with van der Waals surface area (Å²) in [5.41, 5.74) is 0.221. The summed E-state index contributed by atoms with van der Waals surface area (Å²) in [6.07, 6.45) is -25.3. The van der Waals surface area contributed by atoms with Gasteiger partial charge >= 0.3 is 17.3 Å². The van der Waals surface area contributed by atoms with Crippen LogP contribution in [-0.2, 0) is 28.5 Å². The molecule has 24 nitrogen and oxygen atoms in total. The second-order valence-electron chi connectivity index (χ2n) is 15.6. The molecule has 24 heteroatoms. The average Bonchev–Trinajstić information content (AvgIpc) is 3.31. The molecule has 4 heterocycles. The Kier molecular flexibility index (Phi) is 15.2. The van der Waals surface area contributed by atoms with Crippen LogP contribution in [0.3, 0.4) is 0 Å². The lowest BCUT2D eigenvalue weighted by atomic mass is 9.97. The minimum absolute atomic E-state index is 0.0155. The molecule has 15 unspecified atom stereocenters. The molecule has 0 bridgehead atoms. The van der Waals surface area contributed by atoms with E-state index >= 15 is 0 Å². The molecule has 364 valence electrons. The van der Waals surface area contributed by atoms with Crippen molar-refractivity contribution in [3.05, 3.63) is 66.2 Å². The lowest BCUT2D eigenvalue weighted by molar-refractivity contribution is -0.357. The third kappa shape index (κ3) is 10.4. The van der Waals surface area contributed by atoms with Crippen molar-refractivity contribution in [3.63, 3.8) is 0 Å². The zero-order chi connectivity index (χ0) is 48.4. The van der Waals surface area contributed by atoms with Gasteiger partial charge in [-0.25, -0.2) is 9.21 Å². The quantitative estimate of drug-likeness (QED) is 0.0272. The number of carbonyl (C=O) groups excluding carboxylic acids is 1. The summed E-state index contributed by atoms with van der Waals surface area (Å²) in [7, 11) is 1.33. The number of aromatic hydroxyl groups is 4. The fourth-order valence-corrected chi connectivity index (χ4v) is 7.43. The van der Waals surface area contributed by atoms with Crippen LogP contribution in [0.2, 0.25) is 0 Å². The number of fused-ring (bicyclic) bond motifs is 1. The number of hydrogen-bond donors (Lipinski definition) is 14. The minimum Gasteiger partial charge on any atom is -0.507 e. The predicted octanol–water partition coefficient (Wildman–Crippen LogP) is -2.34. The highest BCUT2D eigenvalue weighted by molar-refractivity contribution is 5.89. The van der Waals surface area contributed by atoms with E-state index in [2.05, 4.69) is 0 Å². The zero-order valence-electron chi connectivity index (χ0n) is 35.0. The van der Waals surface area contributed by atoms with E-state index in [0.717, 1.165) is 30.3 Å². The number of phenols is 4. The van der Waals surface area contributed by atoms with E-state index < -0.39 is 141 Å². The Morgan fingerprint density at radius 3 is 1.90 bits per heavy atom. The maximum atomic E-state index is 12.9. The largest absolute Gasteiger partial charge is 0.507 e. The second-order valence-corrected chi connectivity index (χ2v) is 15.6. The smallest absolute Gasteiger partial charge is 0.402 e. The van der Waals surface area contributed by atoms with Crippen LogP contribution in [0.25, 0.3) is 28.4 Å². The third-order valence-corrected chi connectivity index (χ3v) is 11.2. The first-order valence-electron chi connectivity index (χ1n) is 20.4. The molecule has 3 saturated heterocycles. The minimum atomic E-state index is -2.09. The Morgan fingerprint density at radius 1 is 0.627 bits per heavy atom. The highest BCUT2D eigenvalue weighted by Crippen LogP contribution is 2.44. The van der Waals surface area contributed by atoms with Crippen molar-refractivity contribution in [2.75, 3.05) is 26.9 Å². The Balaban J connectivity index is 1.27. The normalized spacial score (nSPS) is 32.3. The van der Waals surface area contributed by atoms with Gasteiger partial charge in [-0.1, -0.05) is 6.07 Å². The van der Waals surface area contributed by atoms with Gasteiger partial charge in [0.2, 0.25) is 18.3 Å². The molecule has 3 aromatic carbocycles. The van der Waals surface area contributed by atoms with Crippen LogP contribution in [-0.4, -0.2) is 197 Å². The monoisotopic (exact) mass is 949 g/mol. The standard InChI is InChI=1S/C43H48O24/c1-59-25-8-16(2-5-21(25)48)3-7-30(50)60-15-29-33(53)36(56)40(67-42-38(58)35(55)32(52)28(14-45)65-42)43(66-29)63-26-12-19-23(61-39(26)17-4-6-20(47)22(49)9-17)10-18(46)11-24(19)62-41-37(57)34(54)31(51)27(13-44)64-41/h2-12,27-29,31-38,40-45,51-58H,13-15H2,1H3,(H3-,46,47,48,49,50)/p+1. The van der Waals surface area contributed by atoms with Gasteiger partial charge in [0.15, 0.2) is 35.4 Å². The van der Waals surface area contributed by atoms with Gasteiger partial charge in [-0.3, -0.25) is 0 Å². The maximum absolute atomic E-state index is 12.9. The first-order valence-corrected chi connectivity index (χ1v) is 20.4. The van der Waals surface area contributed by atoms with E-state index in [1.54, 1.807) is 0 Å². The molecular weight excluding hydrogens is 900 g/mol. The highest BCUT2D eigenvalue weighted by atomic mass is 16.8. The molecule has 0 spiro atoms. The number of carbonyl (C=O) groups is 1. The molecule has 0 saturated carbocycles. The lowest BCUT2D eigenvalue weighted by Crippen LogP contribution is -2.65. The molecule has 0 amide bonds. The van der Waals surface area contributed by atoms with E-state index in [1.165, 1.54) is 43.5 Å². The summed E-state index contributed by atoms with van der Waals surface area (Å²) < 4.78 is 51.7. The highest BCUT2D eigenvalue weighted by Gasteiger charge is 2.52. The number of aliphatic hydroxyl groups is 10. The number of hydrogen-bond acceptors (Lipinski definition) is 23. The molecule has 14 N–H and O–H groups in total. The van der Waals surface area contributed by atoms with Crippen LogP contribution in [0.15, 0.2) is 65.1 Å². The maximum Gasteiger partial charge on any atom is 0.402 e. The molecular formula is C43H49O24+. The summed E-state index contributed by atoms with van der Waals surface area (Å²) >= 11 is 0. The third-order valence-electron chi connectivity index (χ3n) is 11.2.